The first kappa shape index (κ1) is 16.2. The van der Waals surface area contributed by atoms with Crippen LogP contribution in [0.15, 0.2) is 30.7 Å². The Kier molecular flexibility index (Phi) is 4.46. The summed E-state index contributed by atoms with van der Waals surface area (Å²) in [5, 5.41) is 4.05. The molecule has 1 aliphatic rings. The highest BCUT2D eigenvalue weighted by Crippen LogP contribution is 2.39. The molecule has 1 unspecified atom stereocenters. The predicted octanol–water partition coefficient (Wildman–Crippen LogP) is 4.15. The zero-order valence-electron chi connectivity index (χ0n) is 12.3. The lowest BCUT2D eigenvalue weighted by Crippen LogP contribution is -2.30. The third-order valence-electron chi connectivity index (χ3n) is 3.78. The third-order valence-corrected chi connectivity index (χ3v) is 7.78. The minimum Gasteiger partial charge on any atom is -0.359 e. The second-order valence-corrected chi connectivity index (χ2v) is 10.2. The quantitative estimate of drug-likeness (QED) is 0.767. The monoisotopic (exact) mass is 404 g/mol. The molecule has 1 aliphatic heterocycles. The summed E-state index contributed by atoms with van der Waals surface area (Å²) in [5.41, 5.74) is 0.859. The molecule has 0 N–H and O–H groups in total. The van der Waals surface area contributed by atoms with E-state index in [-0.39, 0.29) is 12.0 Å². The van der Waals surface area contributed by atoms with Crippen LogP contribution in [0, 0.1) is 0 Å². The molecule has 0 saturated carbocycles. The van der Waals surface area contributed by atoms with Crippen LogP contribution in [-0.2, 0) is 10.0 Å². The van der Waals surface area contributed by atoms with E-state index in [1.54, 1.807) is 12.1 Å². The van der Waals surface area contributed by atoms with Crippen molar-refractivity contribution in [3.63, 3.8) is 0 Å². The SMILES string of the molecule is CC(C)c1cc(C2CCCN2S(=O)(=O)c2ccc(Br)s2)on1. The van der Waals surface area contributed by atoms with Crippen molar-refractivity contribution in [2.45, 2.75) is 42.9 Å². The fourth-order valence-corrected chi connectivity index (χ4v) is 6.40. The number of nitrogens with zero attached hydrogens (tertiary/aromatic N) is 2. The number of sulfonamides is 1. The molecule has 1 saturated heterocycles. The molecule has 1 atom stereocenters. The van der Waals surface area contributed by atoms with E-state index >= 15 is 0 Å². The second kappa shape index (κ2) is 6.07. The van der Waals surface area contributed by atoms with Crippen LogP contribution in [0.25, 0.3) is 0 Å². The van der Waals surface area contributed by atoms with Gasteiger partial charge in [-0.2, -0.15) is 4.31 Å². The molecule has 0 aromatic carbocycles. The van der Waals surface area contributed by atoms with Crippen molar-refractivity contribution in [3.05, 3.63) is 33.4 Å². The molecule has 0 bridgehead atoms. The molecule has 0 aliphatic carbocycles. The van der Waals surface area contributed by atoms with Gasteiger partial charge >= 0.3 is 0 Å². The van der Waals surface area contributed by atoms with Gasteiger partial charge in [0.25, 0.3) is 10.0 Å². The maximum atomic E-state index is 12.8. The Morgan fingerprint density at radius 2 is 2.23 bits per heavy atom. The summed E-state index contributed by atoms with van der Waals surface area (Å²) < 4.78 is 33.8. The summed E-state index contributed by atoms with van der Waals surface area (Å²) >= 11 is 4.55. The summed E-state index contributed by atoms with van der Waals surface area (Å²) in [5.74, 6) is 0.901. The molecule has 0 radical (unpaired) electrons. The summed E-state index contributed by atoms with van der Waals surface area (Å²) in [6.07, 6.45) is 1.59. The highest BCUT2D eigenvalue weighted by molar-refractivity contribution is 9.11. The molecule has 3 rings (SSSR count). The molecule has 3 heterocycles. The maximum absolute atomic E-state index is 12.8. The number of halogens is 1. The molecule has 22 heavy (non-hydrogen) atoms. The number of rotatable bonds is 4. The van der Waals surface area contributed by atoms with Crippen molar-refractivity contribution >= 4 is 37.3 Å². The van der Waals surface area contributed by atoms with E-state index in [1.807, 2.05) is 19.9 Å². The molecule has 120 valence electrons. The Bertz CT molecular complexity index is 767. The minimum absolute atomic E-state index is 0.258. The average Bonchev–Trinajstić information content (AvgIpc) is 3.18. The van der Waals surface area contributed by atoms with Crippen LogP contribution in [0.4, 0.5) is 0 Å². The van der Waals surface area contributed by atoms with Crippen LogP contribution in [0.5, 0.6) is 0 Å². The van der Waals surface area contributed by atoms with Crippen LogP contribution < -0.4 is 0 Å². The zero-order valence-corrected chi connectivity index (χ0v) is 15.5. The number of thiophene rings is 1. The maximum Gasteiger partial charge on any atom is 0.253 e. The van der Waals surface area contributed by atoms with Gasteiger partial charge in [0.15, 0.2) is 5.76 Å². The fourth-order valence-electron chi connectivity index (χ4n) is 2.60. The van der Waals surface area contributed by atoms with Gasteiger partial charge in [0, 0.05) is 12.6 Å². The van der Waals surface area contributed by atoms with Crippen LogP contribution in [0.2, 0.25) is 0 Å². The van der Waals surface area contributed by atoms with Crippen LogP contribution in [-0.4, -0.2) is 24.4 Å². The lowest BCUT2D eigenvalue weighted by molar-refractivity contribution is 0.296. The highest BCUT2D eigenvalue weighted by Gasteiger charge is 2.39. The average molecular weight is 405 g/mol. The van der Waals surface area contributed by atoms with E-state index in [9.17, 15) is 8.42 Å². The first-order chi connectivity index (χ1) is 10.4. The van der Waals surface area contributed by atoms with Gasteiger partial charge in [-0.15, -0.1) is 11.3 Å². The molecule has 1 fully saturated rings. The molecule has 0 amide bonds. The zero-order chi connectivity index (χ0) is 15.9. The summed E-state index contributed by atoms with van der Waals surface area (Å²) in [4.78, 5) is 0. The largest absolute Gasteiger partial charge is 0.359 e. The van der Waals surface area contributed by atoms with E-state index in [0.29, 0.717) is 16.5 Å². The standard InChI is InChI=1S/C14H17BrN2O3S2/c1-9(2)10-8-12(20-16-10)11-4-3-7-17(11)22(18,19)14-6-5-13(15)21-14/h5-6,8-9,11H,3-4,7H2,1-2H3. The minimum atomic E-state index is -3.49. The smallest absolute Gasteiger partial charge is 0.253 e. The molecular weight excluding hydrogens is 388 g/mol. The van der Waals surface area contributed by atoms with Gasteiger partial charge in [-0.25, -0.2) is 8.42 Å². The van der Waals surface area contributed by atoms with Crippen molar-refractivity contribution in [1.82, 2.24) is 9.46 Å². The van der Waals surface area contributed by atoms with Gasteiger partial charge in [0.1, 0.15) is 4.21 Å². The van der Waals surface area contributed by atoms with E-state index in [0.717, 1.165) is 22.3 Å². The van der Waals surface area contributed by atoms with Gasteiger partial charge in [-0.05, 0) is 46.8 Å². The topological polar surface area (TPSA) is 63.4 Å². The Morgan fingerprint density at radius 3 is 2.82 bits per heavy atom. The van der Waals surface area contributed by atoms with Crippen molar-refractivity contribution in [3.8, 4) is 0 Å². The van der Waals surface area contributed by atoms with Crippen molar-refractivity contribution < 1.29 is 12.9 Å². The molecule has 2 aromatic rings. The fraction of sp³-hybridized carbons (Fsp3) is 0.500. The van der Waals surface area contributed by atoms with Crippen molar-refractivity contribution in [2.24, 2.45) is 0 Å². The normalized spacial score (nSPS) is 20.1. The lowest BCUT2D eigenvalue weighted by Gasteiger charge is -2.21. The van der Waals surface area contributed by atoms with Gasteiger partial charge in [0.05, 0.1) is 15.5 Å². The first-order valence-corrected chi connectivity index (χ1v) is 10.2. The summed E-state index contributed by atoms with van der Waals surface area (Å²) in [6, 6.07) is 5.02. The predicted molar refractivity (Wildman–Crippen MR) is 88.5 cm³/mol. The number of hydrogen-bond acceptors (Lipinski definition) is 5. The van der Waals surface area contributed by atoms with E-state index in [4.69, 9.17) is 4.52 Å². The second-order valence-electron chi connectivity index (χ2n) is 5.64. The molecule has 8 heteroatoms. The number of hydrogen-bond donors (Lipinski definition) is 0. The van der Waals surface area contributed by atoms with E-state index in [1.165, 1.54) is 15.6 Å². The Labute approximate surface area is 142 Å². The molecule has 2 aromatic heterocycles. The van der Waals surface area contributed by atoms with Crippen LogP contribution in [0.3, 0.4) is 0 Å². The Balaban J connectivity index is 1.92. The van der Waals surface area contributed by atoms with E-state index < -0.39 is 10.0 Å². The van der Waals surface area contributed by atoms with Gasteiger partial charge < -0.3 is 4.52 Å². The van der Waals surface area contributed by atoms with Crippen LogP contribution >= 0.6 is 27.3 Å². The Hall–Kier alpha value is -0.700. The third kappa shape index (κ3) is 2.89. The molecule has 5 nitrogen and oxygen atoms in total. The van der Waals surface area contributed by atoms with Crippen molar-refractivity contribution in [2.75, 3.05) is 6.54 Å². The van der Waals surface area contributed by atoms with Gasteiger partial charge in [0.2, 0.25) is 0 Å². The summed E-state index contributed by atoms with van der Waals surface area (Å²) in [7, 11) is -3.49. The van der Waals surface area contributed by atoms with Gasteiger partial charge in [-0.3, -0.25) is 0 Å². The molecular formula is C14H17BrN2O3S2. The van der Waals surface area contributed by atoms with Gasteiger partial charge in [-0.1, -0.05) is 19.0 Å². The summed E-state index contributed by atoms with van der Waals surface area (Å²) in [6.45, 7) is 4.59. The van der Waals surface area contributed by atoms with Crippen LogP contribution in [0.1, 0.15) is 50.1 Å². The number of aromatic nitrogens is 1. The highest BCUT2D eigenvalue weighted by atomic mass is 79.9. The van der Waals surface area contributed by atoms with Crippen molar-refractivity contribution in [1.29, 1.82) is 0 Å². The molecule has 0 spiro atoms. The first-order valence-electron chi connectivity index (χ1n) is 7.13. The van der Waals surface area contributed by atoms with E-state index in [2.05, 4.69) is 21.1 Å². The lowest BCUT2D eigenvalue weighted by atomic mass is 10.1. The Morgan fingerprint density at radius 1 is 1.45 bits per heavy atom.